The summed E-state index contributed by atoms with van der Waals surface area (Å²) >= 11 is 0. The largest absolute Gasteiger partial charge is 0.435 e. The highest BCUT2D eigenvalue weighted by molar-refractivity contribution is 5.37. The molecular weight excluding hydrogens is 269 g/mol. The van der Waals surface area contributed by atoms with E-state index >= 15 is 0 Å². The lowest BCUT2D eigenvalue weighted by molar-refractivity contribution is -0.141. The lowest BCUT2D eigenvalue weighted by atomic mass is 10.2. The highest BCUT2D eigenvalue weighted by atomic mass is 19.4. The number of rotatable bonds is 4. The lowest BCUT2D eigenvalue weighted by Gasteiger charge is -2.09. The standard InChI is InChI=1S/C13H13F3N4/c14-13(15,16)12-4-6-20(19-12)11-8-17-5-3-9(11)7-18-10-1-2-10/h3-6,8,10,18H,1-2,7H2. The van der Waals surface area contributed by atoms with Crippen molar-refractivity contribution in [2.75, 3.05) is 0 Å². The Morgan fingerprint density at radius 2 is 2.10 bits per heavy atom. The van der Waals surface area contributed by atoms with Crippen LogP contribution in [0.25, 0.3) is 5.69 Å². The number of pyridine rings is 1. The van der Waals surface area contributed by atoms with E-state index in [1.165, 1.54) is 17.1 Å². The highest BCUT2D eigenvalue weighted by Gasteiger charge is 2.33. The first-order valence-electron chi connectivity index (χ1n) is 6.33. The predicted octanol–water partition coefficient (Wildman–Crippen LogP) is 2.54. The Hall–Kier alpha value is -1.89. The van der Waals surface area contributed by atoms with Crippen molar-refractivity contribution in [3.05, 3.63) is 42.0 Å². The summed E-state index contributed by atoms with van der Waals surface area (Å²) in [6.07, 6.45) is 2.33. The average Bonchev–Trinajstić information content (AvgIpc) is 3.09. The van der Waals surface area contributed by atoms with Gasteiger partial charge in [-0.25, -0.2) is 4.68 Å². The minimum absolute atomic E-state index is 0.527. The molecule has 20 heavy (non-hydrogen) atoms. The second-order valence-electron chi connectivity index (χ2n) is 4.80. The van der Waals surface area contributed by atoms with Crippen LogP contribution in [0.4, 0.5) is 13.2 Å². The zero-order valence-corrected chi connectivity index (χ0v) is 10.6. The summed E-state index contributed by atoms with van der Waals surface area (Å²) in [5.41, 5.74) is 0.544. The van der Waals surface area contributed by atoms with E-state index in [0.29, 0.717) is 18.3 Å². The van der Waals surface area contributed by atoms with Gasteiger partial charge in [0, 0.05) is 25.0 Å². The van der Waals surface area contributed by atoms with E-state index in [1.807, 2.05) is 0 Å². The molecule has 0 unspecified atom stereocenters. The third-order valence-corrected chi connectivity index (χ3v) is 3.17. The number of alkyl halides is 3. The van der Waals surface area contributed by atoms with Crippen LogP contribution >= 0.6 is 0 Å². The van der Waals surface area contributed by atoms with Crippen LogP contribution in [0, 0.1) is 0 Å². The van der Waals surface area contributed by atoms with Gasteiger partial charge in [-0.2, -0.15) is 18.3 Å². The average molecular weight is 282 g/mol. The topological polar surface area (TPSA) is 42.7 Å². The van der Waals surface area contributed by atoms with Crippen LogP contribution in [0.15, 0.2) is 30.7 Å². The summed E-state index contributed by atoms with van der Waals surface area (Å²) in [5.74, 6) is 0. The molecule has 4 nitrogen and oxygen atoms in total. The SMILES string of the molecule is FC(F)(F)c1ccn(-c2cnccc2CNC2CC2)n1. The maximum Gasteiger partial charge on any atom is 0.435 e. The molecule has 0 spiro atoms. The summed E-state index contributed by atoms with van der Waals surface area (Å²) in [5, 5.41) is 6.91. The number of hydrogen-bond donors (Lipinski definition) is 1. The fourth-order valence-electron chi connectivity index (χ4n) is 1.92. The molecule has 1 N–H and O–H groups in total. The van der Waals surface area contributed by atoms with Crippen LogP contribution in [0.5, 0.6) is 0 Å². The Morgan fingerprint density at radius 1 is 1.30 bits per heavy atom. The first-order valence-corrected chi connectivity index (χ1v) is 6.33. The van der Waals surface area contributed by atoms with E-state index in [0.717, 1.165) is 24.5 Å². The molecule has 106 valence electrons. The second kappa shape index (κ2) is 4.90. The molecule has 7 heteroatoms. The smallest absolute Gasteiger partial charge is 0.310 e. The monoisotopic (exact) mass is 282 g/mol. The Kier molecular flexibility index (Phi) is 3.21. The number of nitrogens with one attached hydrogen (secondary N) is 1. The van der Waals surface area contributed by atoms with Crippen LogP contribution in [-0.2, 0) is 12.7 Å². The fraction of sp³-hybridized carbons (Fsp3) is 0.385. The fourth-order valence-corrected chi connectivity index (χ4v) is 1.92. The van der Waals surface area contributed by atoms with Crippen molar-refractivity contribution in [1.82, 2.24) is 20.1 Å². The normalized spacial score (nSPS) is 15.6. The van der Waals surface area contributed by atoms with Crippen LogP contribution < -0.4 is 5.32 Å². The summed E-state index contributed by atoms with van der Waals surface area (Å²) in [6, 6.07) is 3.28. The van der Waals surface area contributed by atoms with Crippen molar-refractivity contribution in [3.63, 3.8) is 0 Å². The van der Waals surface area contributed by atoms with Gasteiger partial charge in [0.05, 0.1) is 11.9 Å². The zero-order chi connectivity index (χ0) is 14.2. The summed E-state index contributed by atoms with van der Waals surface area (Å²) in [6.45, 7) is 0.601. The Labute approximate surface area is 113 Å². The zero-order valence-electron chi connectivity index (χ0n) is 10.6. The summed E-state index contributed by atoms with van der Waals surface area (Å²) in [4.78, 5) is 3.97. The number of halogens is 3. The molecule has 0 amide bonds. The first kappa shape index (κ1) is 13.1. The molecule has 1 aliphatic carbocycles. The number of nitrogens with zero attached hydrogens (tertiary/aromatic N) is 3. The maximum absolute atomic E-state index is 12.6. The lowest BCUT2D eigenvalue weighted by Crippen LogP contribution is -2.17. The minimum Gasteiger partial charge on any atom is -0.310 e. The number of aromatic nitrogens is 3. The van der Waals surface area contributed by atoms with Crippen molar-refractivity contribution >= 4 is 0 Å². The van der Waals surface area contributed by atoms with Crippen LogP contribution in [-0.4, -0.2) is 20.8 Å². The van der Waals surface area contributed by atoms with Crippen LogP contribution in [0.2, 0.25) is 0 Å². The third-order valence-electron chi connectivity index (χ3n) is 3.17. The maximum atomic E-state index is 12.6. The van der Waals surface area contributed by atoms with Crippen LogP contribution in [0.1, 0.15) is 24.1 Å². The molecule has 2 aromatic rings. The Morgan fingerprint density at radius 3 is 2.75 bits per heavy atom. The van der Waals surface area contributed by atoms with E-state index in [9.17, 15) is 13.2 Å². The molecule has 1 aliphatic rings. The number of hydrogen-bond acceptors (Lipinski definition) is 3. The van der Waals surface area contributed by atoms with Gasteiger partial charge in [0.15, 0.2) is 5.69 Å². The highest BCUT2D eigenvalue weighted by Crippen LogP contribution is 2.28. The van der Waals surface area contributed by atoms with Crippen molar-refractivity contribution in [1.29, 1.82) is 0 Å². The van der Waals surface area contributed by atoms with E-state index in [2.05, 4.69) is 15.4 Å². The van der Waals surface area contributed by atoms with Crippen molar-refractivity contribution in [2.24, 2.45) is 0 Å². The molecular formula is C13H13F3N4. The predicted molar refractivity (Wildman–Crippen MR) is 66.2 cm³/mol. The molecule has 2 heterocycles. The molecule has 0 aromatic carbocycles. The van der Waals surface area contributed by atoms with Gasteiger partial charge < -0.3 is 5.32 Å². The second-order valence-corrected chi connectivity index (χ2v) is 4.80. The van der Waals surface area contributed by atoms with Crippen molar-refractivity contribution in [3.8, 4) is 5.69 Å². The molecule has 3 rings (SSSR count). The van der Waals surface area contributed by atoms with Gasteiger partial charge in [-0.15, -0.1) is 0 Å². The van der Waals surface area contributed by atoms with Crippen LogP contribution in [0.3, 0.4) is 0 Å². The molecule has 0 radical (unpaired) electrons. The quantitative estimate of drug-likeness (QED) is 0.937. The van der Waals surface area contributed by atoms with Gasteiger partial charge in [-0.05, 0) is 30.5 Å². The van der Waals surface area contributed by atoms with Gasteiger partial charge in [-0.3, -0.25) is 4.98 Å². The van der Waals surface area contributed by atoms with Gasteiger partial charge in [0.2, 0.25) is 0 Å². The minimum atomic E-state index is -4.43. The first-order chi connectivity index (χ1) is 9.54. The molecule has 0 atom stereocenters. The molecule has 0 saturated heterocycles. The molecule has 1 saturated carbocycles. The van der Waals surface area contributed by atoms with E-state index < -0.39 is 11.9 Å². The van der Waals surface area contributed by atoms with Crippen molar-refractivity contribution < 1.29 is 13.2 Å². The van der Waals surface area contributed by atoms with E-state index in [-0.39, 0.29) is 0 Å². The van der Waals surface area contributed by atoms with Gasteiger partial charge in [0.25, 0.3) is 0 Å². The van der Waals surface area contributed by atoms with E-state index in [4.69, 9.17) is 0 Å². The molecule has 0 aliphatic heterocycles. The Bertz CT molecular complexity index is 602. The summed E-state index contributed by atoms with van der Waals surface area (Å²) < 4.78 is 38.9. The summed E-state index contributed by atoms with van der Waals surface area (Å²) in [7, 11) is 0. The van der Waals surface area contributed by atoms with Crippen molar-refractivity contribution in [2.45, 2.75) is 31.6 Å². The van der Waals surface area contributed by atoms with E-state index in [1.54, 1.807) is 12.3 Å². The molecule has 0 bridgehead atoms. The van der Waals surface area contributed by atoms with Gasteiger partial charge >= 0.3 is 6.18 Å². The van der Waals surface area contributed by atoms with Gasteiger partial charge in [-0.1, -0.05) is 0 Å². The van der Waals surface area contributed by atoms with Gasteiger partial charge in [0.1, 0.15) is 0 Å². The Balaban J connectivity index is 1.86. The molecule has 2 aromatic heterocycles. The molecule has 1 fully saturated rings. The third kappa shape index (κ3) is 2.82.